The van der Waals surface area contributed by atoms with Crippen LogP contribution in [0.15, 0.2) is 17.2 Å². The molecule has 1 aliphatic carbocycles. The quantitative estimate of drug-likeness (QED) is 0.918. The van der Waals surface area contributed by atoms with Crippen LogP contribution >= 0.6 is 0 Å². The van der Waals surface area contributed by atoms with Gasteiger partial charge in [0.05, 0.1) is 0 Å². The molecular weight excluding hydrogens is 274 g/mol. The van der Waals surface area contributed by atoms with Crippen LogP contribution in [0.4, 0.5) is 0 Å². The third-order valence-corrected chi connectivity index (χ3v) is 6.73. The molecule has 2 N–H and O–H groups in total. The van der Waals surface area contributed by atoms with Gasteiger partial charge in [-0.3, -0.25) is 0 Å². The maximum Gasteiger partial charge on any atom is 0.244 e. The molecule has 0 aromatic carbocycles. The summed E-state index contributed by atoms with van der Waals surface area (Å²) in [6, 6.07) is 1.93. The monoisotopic (exact) mass is 297 g/mol. The lowest BCUT2D eigenvalue weighted by molar-refractivity contribution is 0.202. The van der Waals surface area contributed by atoms with E-state index in [4.69, 9.17) is 5.73 Å². The van der Waals surface area contributed by atoms with Gasteiger partial charge in [-0.1, -0.05) is 6.42 Å². The average Bonchev–Trinajstić information content (AvgIpc) is 3.04. The number of hydrogen-bond donors (Lipinski definition) is 1. The van der Waals surface area contributed by atoms with Gasteiger partial charge in [-0.05, 0) is 37.7 Å². The number of aryl methyl sites for hydroxylation is 1. The van der Waals surface area contributed by atoms with Crippen molar-refractivity contribution in [3.05, 3.63) is 18.0 Å². The van der Waals surface area contributed by atoms with E-state index in [1.54, 1.807) is 16.6 Å². The molecule has 1 saturated carbocycles. The number of rotatable bonds is 3. The van der Waals surface area contributed by atoms with E-state index >= 15 is 0 Å². The predicted octanol–water partition coefficient (Wildman–Crippen LogP) is 1.44. The molecule has 1 aliphatic heterocycles. The molecule has 6 heteroatoms. The maximum absolute atomic E-state index is 12.9. The summed E-state index contributed by atoms with van der Waals surface area (Å²) in [6.45, 7) is 1.02. The highest BCUT2D eigenvalue weighted by Crippen LogP contribution is 2.39. The number of sulfonamides is 1. The third kappa shape index (κ3) is 2.19. The van der Waals surface area contributed by atoms with E-state index < -0.39 is 10.0 Å². The first kappa shape index (κ1) is 14.1. The van der Waals surface area contributed by atoms with Crippen LogP contribution in [0.1, 0.15) is 37.8 Å². The molecule has 2 fully saturated rings. The molecule has 2 unspecified atom stereocenters. The number of aromatic nitrogens is 1. The largest absolute Gasteiger partial charge is 0.352 e. The van der Waals surface area contributed by atoms with Crippen molar-refractivity contribution < 1.29 is 8.42 Å². The highest BCUT2D eigenvalue weighted by atomic mass is 32.2. The van der Waals surface area contributed by atoms with Gasteiger partial charge < -0.3 is 10.3 Å². The zero-order valence-corrected chi connectivity index (χ0v) is 12.8. The van der Waals surface area contributed by atoms with Gasteiger partial charge in [-0.15, -0.1) is 0 Å². The minimum Gasteiger partial charge on any atom is -0.352 e. The number of piperidine rings is 1. The van der Waals surface area contributed by atoms with Crippen molar-refractivity contribution in [2.45, 2.75) is 49.6 Å². The number of hydrogen-bond acceptors (Lipinski definition) is 3. The van der Waals surface area contributed by atoms with Gasteiger partial charge in [-0.2, -0.15) is 4.31 Å². The molecule has 112 valence electrons. The zero-order chi connectivity index (χ0) is 14.3. The van der Waals surface area contributed by atoms with Crippen molar-refractivity contribution in [2.24, 2.45) is 18.7 Å². The lowest BCUT2D eigenvalue weighted by Gasteiger charge is -2.36. The Bertz CT molecular complexity index is 594. The normalized spacial score (nSPS) is 27.7. The molecule has 2 aliphatic rings. The Morgan fingerprint density at radius 3 is 2.75 bits per heavy atom. The molecular formula is C14H23N3O2S. The molecule has 2 atom stereocenters. The molecule has 2 heterocycles. The SMILES string of the molecule is Cn1cc(S(=O)(=O)N2CCCC3CCCC32)cc1CN. The van der Waals surface area contributed by atoms with Crippen LogP contribution in [0.25, 0.3) is 0 Å². The van der Waals surface area contributed by atoms with E-state index in [0.717, 1.165) is 25.0 Å². The van der Waals surface area contributed by atoms with Crippen LogP contribution < -0.4 is 5.73 Å². The molecule has 0 bridgehead atoms. The van der Waals surface area contributed by atoms with Crippen LogP contribution in [0.3, 0.4) is 0 Å². The van der Waals surface area contributed by atoms with Crippen LogP contribution in [0.2, 0.25) is 0 Å². The van der Waals surface area contributed by atoms with Crippen molar-refractivity contribution in [2.75, 3.05) is 6.54 Å². The fourth-order valence-electron chi connectivity index (χ4n) is 3.76. The molecule has 3 rings (SSSR count). The van der Waals surface area contributed by atoms with Gasteiger partial charge in [0.1, 0.15) is 4.90 Å². The summed E-state index contributed by atoms with van der Waals surface area (Å²) in [4.78, 5) is 0.396. The average molecular weight is 297 g/mol. The summed E-state index contributed by atoms with van der Waals surface area (Å²) in [5.74, 6) is 0.566. The second kappa shape index (κ2) is 5.16. The summed E-state index contributed by atoms with van der Waals surface area (Å²) in [5, 5.41) is 0. The van der Waals surface area contributed by atoms with Gasteiger partial charge in [0.15, 0.2) is 0 Å². The lowest BCUT2D eigenvalue weighted by atomic mass is 9.94. The Morgan fingerprint density at radius 2 is 2.05 bits per heavy atom. The van der Waals surface area contributed by atoms with E-state index in [-0.39, 0.29) is 6.04 Å². The third-order valence-electron chi connectivity index (χ3n) is 4.84. The van der Waals surface area contributed by atoms with Crippen LogP contribution in [0.5, 0.6) is 0 Å². The number of fused-ring (bicyclic) bond motifs is 1. The van der Waals surface area contributed by atoms with E-state index in [1.807, 2.05) is 11.6 Å². The summed E-state index contributed by atoms with van der Waals surface area (Å²) < 4.78 is 29.3. The fraction of sp³-hybridized carbons (Fsp3) is 0.714. The molecule has 1 saturated heterocycles. The van der Waals surface area contributed by atoms with E-state index in [9.17, 15) is 8.42 Å². The summed E-state index contributed by atoms with van der Waals surface area (Å²) in [7, 11) is -1.53. The van der Waals surface area contributed by atoms with Gasteiger partial charge in [0, 0.05) is 38.1 Å². The van der Waals surface area contributed by atoms with Crippen LogP contribution in [-0.2, 0) is 23.6 Å². The molecule has 20 heavy (non-hydrogen) atoms. The Kier molecular flexibility index (Phi) is 3.64. The fourth-order valence-corrected chi connectivity index (χ4v) is 5.61. The summed E-state index contributed by atoms with van der Waals surface area (Å²) >= 11 is 0. The van der Waals surface area contributed by atoms with Gasteiger partial charge in [-0.25, -0.2) is 8.42 Å². The maximum atomic E-state index is 12.9. The first-order valence-electron chi connectivity index (χ1n) is 7.41. The Hall–Kier alpha value is -0.850. The first-order valence-corrected chi connectivity index (χ1v) is 8.85. The van der Waals surface area contributed by atoms with Crippen LogP contribution in [0, 0.1) is 5.92 Å². The van der Waals surface area contributed by atoms with E-state index in [2.05, 4.69) is 0 Å². The van der Waals surface area contributed by atoms with Crippen molar-refractivity contribution in [3.8, 4) is 0 Å². The van der Waals surface area contributed by atoms with Crippen LogP contribution in [-0.4, -0.2) is 29.9 Å². The topological polar surface area (TPSA) is 68.3 Å². The summed E-state index contributed by atoms with van der Waals surface area (Å²) in [5.41, 5.74) is 6.49. The number of nitrogens with zero attached hydrogens (tertiary/aromatic N) is 2. The molecule has 1 aromatic heterocycles. The Balaban J connectivity index is 1.94. The highest BCUT2D eigenvalue weighted by molar-refractivity contribution is 7.89. The molecule has 0 spiro atoms. The Labute approximate surface area is 120 Å². The minimum atomic E-state index is -3.37. The predicted molar refractivity (Wildman–Crippen MR) is 77.6 cm³/mol. The second-order valence-electron chi connectivity index (χ2n) is 6.00. The van der Waals surface area contributed by atoms with Gasteiger partial charge >= 0.3 is 0 Å². The molecule has 0 radical (unpaired) electrons. The van der Waals surface area contributed by atoms with Crippen molar-refractivity contribution in [1.82, 2.24) is 8.87 Å². The van der Waals surface area contributed by atoms with Gasteiger partial charge in [0.25, 0.3) is 0 Å². The lowest BCUT2D eigenvalue weighted by Crippen LogP contribution is -2.45. The number of nitrogens with two attached hydrogens (primary N) is 1. The van der Waals surface area contributed by atoms with Crippen molar-refractivity contribution in [1.29, 1.82) is 0 Å². The second-order valence-corrected chi connectivity index (χ2v) is 7.89. The van der Waals surface area contributed by atoms with E-state index in [1.165, 1.54) is 12.8 Å². The zero-order valence-electron chi connectivity index (χ0n) is 12.0. The van der Waals surface area contributed by atoms with Crippen molar-refractivity contribution >= 4 is 10.0 Å². The van der Waals surface area contributed by atoms with Gasteiger partial charge in [0.2, 0.25) is 10.0 Å². The van der Waals surface area contributed by atoms with Crippen molar-refractivity contribution in [3.63, 3.8) is 0 Å². The first-order chi connectivity index (χ1) is 9.54. The standard InChI is InChI=1S/C14H23N3O2S/c1-16-10-13(8-12(16)9-15)20(18,19)17-7-3-5-11-4-2-6-14(11)17/h8,10-11,14H,2-7,9,15H2,1H3. The summed E-state index contributed by atoms with van der Waals surface area (Å²) in [6.07, 6.45) is 7.21. The minimum absolute atomic E-state index is 0.218. The molecule has 1 aromatic rings. The smallest absolute Gasteiger partial charge is 0.244 e. The highest BCUT2D eigenvalue weighted by Gasteiger charge is 2.41. The van der Waals surface area contributed by atoms with E-state index in [0.29, 0.717) is 23.9 Å². The molecule has 5 nitrogen and oxygen atoms in total. The Morgan fingerprint density at radius 1 is 1.30 bits per heavy atom. The molecule has 0 amide bonds.